The molecule has 7 heteroatoms. The second kappa shape index (κ2) is 10.6. The highest BCUT2D eigenvalue weighted by atomic mass is 127. The van der Waals surface area contributed by atoms with Crippen molar-refractivity contribution in [2.45, 2.75) is 32.4 Å². The number of alkyl carbamates (subject to hydrolysis) is 1. The van der Waals surface area contributed by atoms with Crippen LogP contribution in [0.4, 0.5) is 4.79 Å². The Balaban J connectivity index is 4.56. The third-order valence-electron chi connectivity index (χ3n) is 1.80. The topological polar surface area (TPSA) is 64.6 Å². The number of amides is 1. The van der Waals surface area contributed by atoms with Gasteiger partial charge in [0.15, 0.2) is 6.61 Å². The van der Waals surface area contributed by atoms with Crippen LogP contribution in [0.25, 0.3) is 0 Å². The van der Waals surface area contributed by atoms with E-state index in [1.54, 1.807) is 20.8 Å². The monoisotopic (exact) mass is 423 g/mol. The van der Waals surface area contributed by atoms with Gasteiger partial charge >= 0.3 is 12.1 Å². The molecule has 0 aliphatic rings. The van der Waals surface area contributed by atoms with Gasteiger partial charge in [-0.2, -0.15) is 0 Å². The maximum Gasteiger partial charge on any atom is 0.408 e. The lowest BCUT2D eigenvalue weighted by Gasteiger charge is -2.22. The van der Waals surface area contributed by atoms with Gasteiger partial charge in [0.05, 0.1) is 5.75 Å². The van der Waals surface area contributed by atoms with Crippen molar-refractivity contribution in [3.63, 3.8) is 0 Å². The molecule has 0 radical (unpaired) electrons. The molecule has 0 aromatic rings. The highest BCUT2D eigenvalue weighted by molar-refractivity contribution is 14.1. The maximum absolute atomic E-state index is 11.9. The molecule has 0 heterocycles. The SMILES string of the molecule is C#CCSC[C@H](NC(=O)OC(C)(C)C)C(=O)OCC#CI. The fourth-order valence-electron chi connectivity index (χ4n) is 1.09. The molecular weight excluding hydrogens is 405 g/mol. The van der Waals surface area contributed by atoms with E-state index in [0.29, 0.717) is 11.5 Å². The molecule has 0 aromatic heterocycles. The largest absolute Gasteiger partial charge is 0.451 e. The predicted octanol–water partition coefficient (Wildman–Crippen LogP) is 2.19. The number of carbonyl (C=O) groups excluding carboxylic acids is 2. The summed E-state index contributed by atoms with van der Waals surface area (Å²) in [7, 11) is 0. The first kappa shape index (κ1) is 19.9. The Labute approximate surface area is 143 Å². The number of rotatable bonds is 6. The average molecular weight is 423 g/mol. The summed E-state index contributed by atoms with van der Waals surface area (Å²) < 4.78 is 12.7. The molecule has 0 aliphatic heterocycles. The summed E-state index contributed by atoms with van der Waals surface area (Å²) in [6.07, 6.45) is 4.48. The van der Waals surface area contributed by atoms with Gasteiger partial charge in [0, 0.05) is 28.3 Å². The maximum atomic E-state index is 11.9. The molecule has 21 heavy (non-hydrogen) atoms. The summed E-state index contributed by atoms with van der Waals surface area (Å²) in [5, 5.41) is 2.48. The lowest BCUT2D eigenvalue weighted by molar-refractivity contribution is -0.144. The summed E-state index contributed by atoms with van der Waals surface area (Å²) in [5.74, 6) is 5.23. The number of nitrogens with one attached hydrogen (secondary N) is 1. The van der Waals surface area contributed by atoms with Crippen molar-refractivity contribution in [1.82, 2.24) is 5.32 Å². The van der Waals surface area contributed by atoms with Gasteiger partial charge < -0.3 is 14.8 Å². The molecule has 0 unspecified atom stereocenters. The lowest BCUT2D eigenvalue weighted by atomic mass is 10.2. The molecule has 1 amide bonds. The van der Waals surface area contributed by atoms with E-state index >= 15 is 0 Å². The number of thioether (sulfide) groups is 1. The zero-order chi connectivity index (χ0) is 16.3. The summed E-state index contributed by atoms with van der Waals surface area (Å²) in [6.45, 7) is 5.20. The second-order valence-electron chi connectivity index (χ2n) is 4.80. The minimum atomic E-state index is -0.825. The van der Waals surface area contributed by atoms with Crippen LogP contribution < -0.4 is 5.32 Å². The van der Waals surface area contributed by atoms with E-state index in [1.165, 1.54) is 11.8 Å². The number of terminal acetylenes is 1. The van der Waals surface area contributed by atoms with Crippen molar-refractivity contribution in [3.05, 3.63) is 0 Å². The van der Waals surface area contributed by atoms with Crippen LogP contribution in [0, 0.1) is 22.2 Å². The van der Waals surface area contributed by atoms with Crippen molar-refractivity contribution < 1.29 is 19.1 Å². The zero-order valence-corrected chi connectivity index (χ0v) is 15.2. The van der Waals surface area contributed by atoms with Crippen molar-refractivity contribution in [3.8, 4) is 22.2 Å². The molecule has 1 N–H and O–H groups in total. The Morgan fingerprint density at radius 2 is 2.10 bits per heavy atom. The van der Waals surface area contributed by atoms with Crippen LogP contribution in [0.1, 0.15) is 20.8 Å². The van der Waals surface area contributed by atoms with Gasteiger partial charge in [-0.1, -0.05) is 11.8 Å². The fraction of sp³-hybridized carbons (Fsp3) is 0.571. The molecule has 0 spiro atoms. The molecule has 0 bridgehead atoms. The van der Waals surface area contributed by atoms with Crippen LogP contribution in [0.3, 0.4) is 0 Å². The van der Waals surface area contributed by atoms with Gasteiger partial charge in [0.1, 0.15) is 11.6 Å². The Kier molecular flexibility index (Phi) is 10.1. The second-order valence-corrected chi connectivity index (χ2v) is 6.37. The van der Waals surface area contributed by atoms with Gasteiger partial charge in [-0.25, -0.2) is 9.59 Å². The highest BCUT2D eigenvalue weighted by Crippen LogP contribution is 2.09. The molecule has 0 fully saturated rings. The quantitative estimate of drug-likeness (QED) is 0.307. The number of halogens is 1. The third kappa shape index (κ3) is 11.3. The molecule has 5 nitrogen and oxygen atoms in total. The molecule has 0 saturated heterocycles. The van der Waals surface area contributed by atoms with E-state index in [9.17, 15) is 9.59 Å². The summed E-state index contributed by atoms with van der Waals surface area (Å²) in [6, 6.07) is -0.825. The molecule has 1 atom stereocenters. The zero-order valence-electron chi connectivity index (χ0n) is 12.2. The molecule has 0 aromatic carbocycles. The van der Waals surface area contributed by atoms with Crippen LogP contribution in [0.5, 0.6) is 0 Å². The van der Waals surface area contributed by atoms with Crippen molar-refractivity contribution in [2.24, 2.45) is 0 Å². The van der Waals surface area contributed by atoms with Crippen molar-refractivity contribution in [1.29, 1.82) is 0 Å². The summed E-state index contributed by atoms with van der Waals surface area (Å²) >= 11 is 3.19. The molecule has 0 rings (SSSR count). The first-order chi connectivity index (χ1) is 9.80. The van der Waals surface area contributed by atoms with Crippen LogP contribution in [-0.4, -0.2) is 41.8 Å². The first-order valence-corrected chi connectivity index (χ1v) is 8.29. The van der Waals surface area contributed by atoms with Gasteiger partial charge in [-0.3, -0.25) is 0 Å². The minimum Gasteiger partial charge on any atom is -0.451 e. The Morgan fingerprint density at radius 1 is 1.43 bits per heavy atom. The average Bonchev–Trinajstić information content (AvgIpc) is 2.35. The number of ether oxygens (including phenoxy) is 2. The standard InChI is InChI=1S/C14H18INO4S/c1-5-9-21-10-11(12(17)19-8-6-7-15)16-13(18)20-14(2,3)4/h1,11H,8-10H2,2-4H3,(H,16,18)/t11-/m0/s1. The van der Waals surface area contributed by atoms with E-state index in [-0.39, 0.29) is 6.61 Å². The minimum absolute atomic E-state index is 0.0198. The van der Waals surface area contributed by atoms with Gasteiger partial charge in [0.25, 0.3) is 0 Å². The van der Waals surface area contributed by atoms with Crippen LogP contribution >= 0.6 is 34.4 Å². The van der Waals surface area contributed by atoms with Crippen LogP contribution in [0.15, 0.2) is 0 Å². The fourth-order valence-corrected chi connectivity index (χ4v) is 1.94. The summed E-state index contributed by atoms with van der Waals surface area (Å²) in [5.41, 5.74) is -0.642. The van der Waals surface area contributed by atoms with Crippen LogP contribution in [-0.2, 0) is 14.3 Å². The lowest BCUT2D eigenvalue weighted by Crippen LogP contribution is -2.45. The molecule has 116 valence electrons. The smallest absolute Gasteiger partial charge is 0.408 e. The van der Waals surface area contributed by atoms with Gasteiger partial charge in [-0.05, 0) is 24.7 Å². The molecule has 0 aliphatic carbocycles. The Morgan fingerprint density at radius 3 is 2.62 bits per heavy atom. The first-order valence-electron chi connectivity index (χ1n) is 6.06. The van der Waals surface area contributed by atoms with E-state index in [4.69, 9.17) is 15.9 Å². The highest BCUT2D eigenvalue weighted by Gasteiger charge is 2.25. The van der Waals surface area contributed by atoms with Gasteiger partial charge in [0.2, 0.25) is 0 Å². The number of hydrogen-bond acceptors (Lipinski definition) is 5. The Hall–Kier alpha value is -1.06. The number of carbonyl (C=O) groups is 2. The van der Waals surface area contributed by atoms with Crippen LogP contribution in [0.2, 0.25) is 0 Å². The van der Waals surface area contributed by atoms with Crippen molar-refractivity contribution in [2.75, 3.05) is 18.1 Å². The van der Waals surface area contributed by atoms with Gasteiger partial charge in [-0.15, -0.1) is 18.2 Å². The van der Waals surface area contributed by atoms with E-state index in [0.717, 1.165) is 0 Å². The van der Waals surface area contributed by atoms with E-state index in [1.807, 2.05) is 22.6 Å². The predicted molar refractivity (Wildman–Crippen MR) is 92.1 cm³/mol. The molecule has 0 saturated carbocycles. The molecular formula is C14H18INO4S. The Bertz CT molecular complexity index is 456. The van der Waals surface area contributed by atoms with Crippen molar-refractivity contribution >= 4 is 46.4 Å². The third-order valence-corrected chi connectivity index (χ3v) is 3.12. The number of esters is 1. The van der Waals surface area contributed by atoms with E-state index < -0.39 is 23.7 Å². The summed E-state index contributed by atoms with van der Waals surface area (Å²) in [4.78, 5) is 23.6. The normalized spacial score (nSPS) is 11.4. The number of hydrogen-bond donors (Lipinski definition) is 1. The van der Waals surface area contributed by atoms with E-state index in [2.05, 4.69) is 21.1 Å².